The molecule has 53 heavy (non-hydrogen) atoms. The molecule has 0 spiro atoms. The Kier molecular flexibility index (Phi) is 6.58. The van der Waals surface area contributed by atoms with Crippen molar-refractivity contribution in [3.8, 4) is 22.5 Å². The van der Waals surface area contributed by atoms with Gasteiger partial charge in [0.2, 0.25) is 0 Å². The van der Waals surface area contributed by atoms with Gasteiger partial charge in [0.25, 0.3) is 0 Å². The van der Waals surface area contributed by atoms with E-state index in [-0.39, 0.29) is 6.17 Å². The van der Waals surface area contributed by atoms with Gasteiger partial charge in [0.15, 0.2) is 0 Å². The number of fused-ring (bicyclic) bond motifs is 8. The van der Waals surface area contributed by atoms with Gasteiger partial charge in [0.1, 0.15) is 6.17 Å². The minimum atomic E-state index is -0.00781. The third-order valence-electron chi connectivity index (χ3n) is 10.9. The van der Waals surface area contributed by atoms with Gasteiger partial charge in [-0.25, -0.2) is 0 Å². The van der Waals surface area contributed by atoms with Crippen molar-refractivity contribution in [3.63, 3.8) is 0 Å². The molecule has 2 aromatic heterocycles. The molecule has 1 aliphatic heterocycles. The predicted molar refractivity (Wildman–Crippen MR) is 222 cm³/mol. The summed E-state index contributed by atoms with van der Waals surface area (Å²) in [5, 5.41) is 8.81. The molecule has 1 unspecified atom stereocenters. The molecule has 0 saturated carbocycles. The highest BCUT2D eigenvalue weighted by Crippen LogP contribution is 2.48. The van der Waals surface area contributed by atoms with E-state index in [0.29, 0.717) is 0 Å². The van der Waals surface area contributed by atoms with Crippen LogP contribution >= 0.6 is 0 Å². The van der Waals surface area contributed by atoms with E-state index in [1.807, 2.05) is 0 Å². The number of rotatable bonds is 5. The molecular weight excluding hydrogens is 645 g/mol. The monoisotopic (exact) mass is 678 g/mol. The van der Waals surface area contributed by atoms with E-state index in [0.717, 1.165) is 22.7 Å². The molecule has 0 fully saturated rings. The molecule has 3 heterocycles. The third kappa shape index (κ3) is 4.56. The van der Waals surface area contributed by atoms with E-state index in [2.05, 4.69) is 213 Å². The standard InChI is InChI=1S/C49H34N4/c1-4-15-33(16-5-1)49-50-43-30-27-35(32-46(43)53(49)37-20-8-3-9-21-37)34-17-14-22-38(31-34)52-45-26-13-11-24-40(45)42-29-28-41-39-23-10-12-25-44(39)51(47(41)48(42)52)36-18-6-2-7-19-36/h1-32,49-50H. The molecule has 1 atom stereocenters. The van der Waals surface area contributed by atoms with Gasteiger partial charge in [-0.3, -0.25) is 0 Å². The topological polar surface area (TPSA) is 25.1 Å². The summed E-state index contributed by atoms with van der Waals surface area (Å²) in [4.78, 5) is 2.42. The second-order valence-corrected chi connectivity index (χ2v) is 13.8. The minimum Gasteiger partial charge on any atom is -0.359 e. The summed E-state index contributed by atoms with van der Waals surface area (Å²) in [5.74, 6) is 0. The molecular formula is C49H34N4. The Labute approximate surface area is 307 Å². The molecule has 1 aliphatic rings. The molecule has 0 saturated heterocycles. The van der Waals surface area contributed by atoms with Crippen LogP contribution in [0, 0.1) is 0 Å². The van der Waals surface area contributed by atoms with Gasteiger partial charge >= 0.3 is 0 Å². The summed E-state index contributed by atoms with van der Waals surface area (Å²) in [5.41, 5.74) is 14.1. The fraction of sp³-hybridized carbons (Fsp3) is 0.0204. The van der Waals surface area contributed by atoms with Gasteiger partial charge in [-0.15, -0.1) is 0 Å². The van der Waals surface area contributed by atoms with E-state index < -0.39 is 0 Å². The van der Waals surface area contributed by atoms with Crippen LogP contribution in [0.4, 0.5) is 17.1 Å². The van der Waals surface area contributed by atoms with Crippen molar-refractivity contribution in [2.45, 2.75) is 6.17 Å². The Morgan fingerprint density at radius 2 is 0.906 bits per heavy atom. The average Bonchev–Trinajstić information content (AvgIpc) is 3.90. The lowest BCUT2D eigenvalue weighted by molar-refractivity contribution is 0.828. The lowest BCUT2D eigenvalue weighted by Gasteiger charge is -2.27. The van der Waals surface area contributed by atoms with Crippen LogP contribution in [-0.2, 0) is 0 Å². The summed E-state index contributed by atoms with van der Waals surface area (Å²) in [6.07, 6.45) is -0.00781. The molecule has 0 bridgehead atoms. The van der Waals surface area contributed by atoms with E-state index in [9.17, 15) is 0 Å². The SMILES string of the molecule is c1ccc(C2Nc3ccc(-c4cccc(-n5c6ccccc6c6ccc7c8ccccc8n(-c8ccccc8)c7c65)c4)cc3N2c2ccccc2)cc1. The van der Waals surface area contributed by atoms with Crippen LogP contribution < -0.4 is 10.2 Å². The highest BCUT2D eigenvalue weighted by Gasteiger charge is 2.31. The molecule has 0 amide bonds. The zero-order valence-corrected chi connectivity index (χ0v) is 28.9. The van der Waals surface area contributed by atoms with E-state index in [1.54, 1.807) is 0 Å². The number of anilines is 3. The normalized spacial score (nSPS) is 14.0. The summed E-state index contributed by atoms with van der Waals surface area (Å²) in [7, 11) is 0. The molecule has 4 nitrogen and oxygen atoms in total. The van der Waals surface area contributed by atoms with Crippen molar-refractivity contribution in [2.75, 3.05) is 10.2 Å². The minimum absolute atomic E-state index is 0.00781. The number of hydrogen-bond donors (Lipinski definition) is 1. The predicted octanol–water partition coefficient (Wildman–Crippen LogP) is 12.8. The Morgan fingerprint density at radius 3 is 1.57 bits per heavy atom. The maximum absolute atomic E-state index is 3.82. The molecule has 4 heteroatoms. The number of para-hydroxylation sites is 4. The van der Waals surface area contributed by atoms with Crippen molar-refractivity contribution in [1.82, 2.24) is 9.13 Å². The molecule has 250 valence electrons. The smallest absolute Gasteiger partial charge is 0.130 e. The van der Waals surface area contributed by atoms with Crippen LogP contribution in [0.25, 0.3) is 66.1 Å². The van der Waals surface area contributed by atoms with Crippen LogP contribution in [0.3, 0.4) is 0 Å². The van der Waals surface area contributed by atoms with E-state index >= 15 is 0 Å². The Hall–Kier alpha value is -7.04. The van der Waals surface area contributed by atoms with Crippen molar-refractivity contribution in [1.29, 1.82) is 0 Å². The van der Waals surface area contributed by atoms with Gasteiger partial charge in [0.05, 0.1) is 33.4 Å². The van der Waals surface area contributed by atoms with Crippen LogP contribution in [0.1, 0.15) is 11.7 Å². The van der Waals surface area contributed by atoms with Gasteiger partial charge in [-0.05, 0) is 77.4 Å². The molecule has 8 aromatic carbocycles. The zero-order valence-electron chi connectivity index (χ0n) is 28.9. The van der Waals surface area contributed by atoms with E-state index in [4.69, 9.17) is 0 Å². The van der Waals surface area contributed by atoms with Crippen molar-refractivity contribution in [3.05, 3.63) is 200 Å². The quantitative estimate of drug-likeness (QED) is 0.196. The Morgan fingerprint density at radius 1 is 0.377 bits per heavy atom. The largest absolute Gasteiger partial charge is 0.359 e. The maximum Gasteiger partial charge on any atom is 0.130 e. The molecule has 11 rings (SSSR count). The summed E-state index contributed by atoms with van der Waals surface area (Å²) in [6, 6.07) is 70.2. The summed E-state index contributed by atoms with van der Waals surface area (Å²) < 4.78 is 4.92. The second-order valence-electron chi connectivity index (χ2n) is 13.8. The fourth-order valence-corrected chi connectivity index (χ4v) is 8.57. The number of benzene rings is 8. The van der Waals surface area contributed by atoms with Gasteiger partial charge in [0, 0.05) is 38.6 Å². The maximum atomic E-state index is 3.82. The number of hydrogen-bond acceptors (Lipinski definition) is 2. The molecule has 1 N–H and O–H groups in total. The lowest BCUT2D eigenvalue weighted by Crippen LogP contribution is -2.23. The zero-order chi connectivity index (χ0) is 34.9. The molecule has 0 aliphatic carbocycles. The third-order valence-corrected chi connectivity index (χ3v) is 10.9. The van der Waals surface area contributed by atoms with Crippen LogP contribution in [0.2, 0.25) is 0 Å². The Bertz CT molecular complexity index is 2980. The fourth-order valence-electron chi connectivity index (χ4n) is 8.57. The average molecular weight is 679 g/mol. The first kappa shape index (κ1) is 29.7. The molecule has 0 radical (unpaired) electrons. The van der Waals surface area contributed by atoms with Crippen molar-refractivity contribution < 1.29 is 0 Å². The van der Waals surface area contributed by atoms with Crippen LogP contribution in [-0.4, -0.2) is 9.13 Å². The highest BCUT2D eigenvalue weighted by atomic mass is 15.3. The number of aromatic nitrogens is 2. The first-order chi connectivity index (χ1) is 26.3. The van der Waals surface area contributed by atoms with Gasteiger partial charge in [-0.1, -0.05) is 133 Å². The van der Waals surface area contributed by atoms with Gasteiger partial charge in [-0.2, -0.15) is 0 Å². The van der Waals surface area contributed by atoms with Crippen molar-refractivity contribution >= 4 is 60.7 Å². The van der Waals surface area contributed by atoms with Gasteiger partial charge < -0.3 is 19.4 Å². The second kappa shape index (κ2) is 11.8. The molecule has 10 aromatic rings. The van der Waals surface area contributed by atoms with Crippen molar-refractivity contribution in [2.24, 2.45) is 0 Å². The Balaban J connectivity index is 1.13. The first-order valence-corrected chi connectivity index (χ1v) is 18.2. The van der Waals surface area contributed by atoms with E-state index in [1.165, 1.54) is 66.0 Å². The number of nitrogens with zero attached hydrogens (tertiary/aromatic N) is 3. The summed E-state index contributed by atoms with van der Waals surface area (Å²) >= 11 is 0. The lowest BCUT2D eigenvalue weighted by atomic mass is 10.0. The summed E-state index contributed by atoms with van der Waals surface area (Å²) in [6.45, 7) is 0. The first-order valence-electron chi connectivity index (χ1n) is 18.2. The number of nitrogens with one attached hydrogen (secondary N) is 1. The van der Waals surface area contributed by atoms with Crippen LogP contribution in [0.15, 0.2) is 194 Å². The van der Waals surface area contributed by atoms with Crippen LogP contribution in [0.5, 0.6) is 0 Å². The highest BCUT2D eigenvalue weighted by molar-refractivity contribution is 6.23.